The minimum absolute atomic E-state index is 0.0276. The Balaban J connectivity index is 3.17. The molecule has 0 spiro atoms. The molecule has 1 aromatic carbocycles. The van der Waals surface area contributed by atoms with E-state index in [1.165, 1.54) is 6.07 Å². The lowest BCUT2D eigenvalue weighted by Crippen LogP contribution is -2.36. The van der Waals surface area contributed by atoms with E-state index in [0.29, 0.717) is 5.69 Å². The summed E-state index contributed by atoms with van der Waals surface area (Å²) < 4.78 is 27.0. The summed E-state index contributed by atoms with van der Waals surface area (Å²) in [5.74, 6) is 0.196. The van der Waals surface area contributed by atoms with Gasteiger partial charge in [0.05, 0.1) is 5.02 Å². The molecular formula is C12H19ClN2O2S. The number of nitrogens with one attached hydrogen (secondary N) is 1. The van der Waals surface area contributed by atoms with Crippen LogP contribution in [0.25, 0.3) is 0 Å². The third-order valence-electron chi connectivity index (χ3n) is 2.95. The van der Waals surface area contributed by atoms with Crippen molar-refractivity contribution in [1.82, 2.24) is 4.72 Å². The van der Waals surface area contributed by atoms with Gasteiger partial charge in [0.1, 0.15) is 4.90 Å². The molecule has 1 aromatic rings. The Morgan fingerprint density at radius 2 is 1.83 bits per heavy atom. The maximum absolute atomic E-state index is 12.2. The highest BCUT2D eigenvalue weighted by molar-refractivity contribution is 7.89. The Morgan fingerprint density at radius 1 is 1.28 bits per heavy atom. The van der Waals surface area contributed by atoms with Crippen molar-refractivity contribution in [1.29, 1.82) is 0 Å². The van der Waals surface area contributed by atoms with Crippen molar-refractivity contribution in [2.45, 2.75) is 38.6 Å². The predicted molar refractivity (Wildman–Crippen MR) is 75.2 cm³/mol. The van der Waals surface area contributed by atoms with Crippen LogP contribution in [0.15, 0.2) is 17.0 Å². The van der Waals surface area contributed by atoms with Gasteiger partial charge in [-0.1, -0.05) is 25.4 Å². The fraction of sp³-hybridized carbons (Fsp3) is 0.500. The summed E-state index contributed by atoms with van der Waals surface area (Å²) in [6.07, 6.45) is 0. The molecule has 0 amide bonds. The number of benzene rings is 1. The van der Waals surface area contributed by atoms with E-state index in [-0.39, 0.29) is 21.9 Å². The normalized spacial score (nSPS) is 13.9. The Labute approximate surface area is 114 Å². The second-order valence-electron chi connectivity index (χ2n) is 4.79. The van der Waals surface area contributed by atoms with Crippen LogP contribution in [0.4, 0.5) is 5.69 Å². The van der Waals surface area contributed by atoms with Crippen molar-refractivity contribution < 1.29 is 8.42 Å². The first-order valence-corrected chi connectivity index (χ1v) is 7.59. The molecule has 0 saturated carbocycles. The second kappa shape index (κ2) is 5.47. The maximum atomic E-state index is 12.2. The Hall–Kier alpha value is -0.780. The average Bonchev–Trinajstić information content (AvgIpc) is 2.22. The molecule has 0 fully saturated rings. The van der Waals surface area contributed by atoms with Crippen LogP contribution in [0.2, 0.25) is 5.02 Å². The molecule has 0 bridgehead atoms. The molecule has 0 radical (unpaired) electrons. The van der Waals surface area contributed by atoms with E-state index in [4.69, 9.17) is 17.3 Å². The monoisotopic (exact) mass is 290 g/mol. The van der Waals surface area contributed by atoms with Crippen LogP contribution in [0.5, 0.6) is 0 Å². The third kappa shape index (κ3) is 3.37. The van der Waals surface area contributed by atoms with Gasteiger partial charge >= 0.3 is 0 Å². The summed E-state index contributed by atoms with van der Waals surface area (Å²) in [5.41, 5.74) is 6.90. The van der Waals surface area contributed by atoms with Crippen molar-refractivity contribution in [2.75, 3.05) is 5.73 Å². The lowest BCUT2D eigenvalue weighted by molar-refractivity contribution is 0.476. The summed E-state index contributed by atoms with van der Waals surface area (Å²) in [6.45, 7) is 7.48. The van der Waals surface area contributed by atoms with Gasteiger partial charge in [-0.15, -0.1) is 0 Å². The number of hydrogen-bond donors (Lipinski definition) is 2. The highest BCUT2D eigenvalue weighted by atomic mass is 35.5. The number of nitrogens with two attached hydrogens (primary N) is 1. The number of sulfonamides is 1. The van der Waals surface area contributed by atoms with Crippen molar-refractivity contribution in [2.24, 2.45) is 5.92 Å². The summed E-state index contributed by atoms with van der Waals surface area (Å²) in [4.78, 5) is 0.0276. The number of aryl methyl sites for hydroxylation is 1. The maximum Gasteiger partial charge on any atom is 0.242 e. The van der Waals surface area contributed by atoms with Crippen LogP contribution in [-0.4, -0.2) is 14.5 Å². The number of rotatable bonds is 4. The van der Waals surface area contributed by atoms with Crippen molar-refractivity contribution >= 4 is 27.3 Å². The van der Waals surface area contributed by atoms with Crippen molar-refractivity contribution in [3.63, 3.8) is 0 Å². The number of anilines is 1. The van der Waals surface area contributed by atoms with Crippen LogP contribution in [0.1, 0.15) is 26.3 Å². The largest absolute Gasteiger partial charge is 0.398 e. The zero-order chi connectivity index (χ0) is 14.1. The summed E-state index contributed by atoms with van der Waals surface area (Å²) in [6, 6.07) is 2.78. The molecule has 4 nitrogen and oxygen atoms in total. The molecule has 0 aliphatic heterocycles. The molecule has 6 heteroatoms. The van der Waals surface area contributed by atoms with Crippen LogP contribution in [-0.2, 0) is 10.0 Å². The van der Waals surface area contributed by atoms with Gasteiger partial charge in [0, 0.05) is 11.7 Å². The molecule has 0 aliphatic carbocycles. The van der Waals surface area contributed by atoms with Gasteiger partial charge in [0.15, 0.2) is 0 Å². The zero-order valence-corrected chi connectivity index (χ0v) is 12.6. The molecule has 0 saturated heterocycles. The first-order chi connectivity index (χ1) is 8.15. The number of nitrogen functional groups attached to an aromatic ring is 1. The van der Waals surface area contributed by atoms with Gasteiger partial charge in [-0.05, 0) is 37.5 Å². The lowest BCUT2D eigenvalue weighted by atomic mass is 10.1. The van der Waals surface area contributed by atoms with Crippen molar-refractivity contribution in [3.05, 3.63) is 22.7 Å². The number of hydrogen-bond acceptors (Lipinski definition) is 3. The van der Waals surface area contributed by atoms with Gasteiger partial charge < -0.3 is 5.73 Å². The topological polar surface area (TPSA) is 72.2 Å². The smallest absolute Gasteiger partial charge is 0.242 e. The SMILES string of the molecule is Cc1cc(Cl)c(S(=O)(=O)NC(C)C(C)C)cc1N. The van der Waals surface area contributed by atoms with Crippen LogP contribution in [0, 0.1) is 12.8 Å². The first kappa shape index (κ1) is 15.3. The van der Waals surface area contributed by atoms with E-state index in [2.05, 4.69) is 4.72 Å². The zero-order valence-electron chi connectivity index (χ0n) is 11.0. The van der Waals surface area contributed by atoms with E-state index < -0.39 is 10.0 Å². The van der Waals surface area contributed by atoms with Gasteiger partial charge in [0.25, 0.3) is 0 Å². The highest BCUT2D eigenvalue weighted by Crippen LogP contribution is 2.27. The Bertz CT molecular complexity index is 541. The molecule has 3 N–H and O–H groups in total. The molecule has 18 heavy (non-hydrogen) atoms. The predicted octanol–water partition coefficient (Wildman–Crippen LogP) is 2.55. The Morgan fingerprint density at radius 3 is 2.33 bits per heavy atom. The minimum atomic E-state index is -3.64. The van der Waals surface area contributed by atoms with Crippen molar-refractivity contribution in [3.8, 4) is 0 Å². The summed E-state index contributed by atoms with van der Waals surface area (Å²) in [5, 5.41) is 0.185. The standard InChI is InChI=1S/C12H19ClN2O2S/c1-7(2)9(4)15-18(16,17)12-6-11(14)8(3)5-10(12)13/h5-7,9,15H,14H2,1-4H3. The second-order valence-corrected chi connectivity index (χ2v) is 6.88. The summed E-state index contributed by atoms with van der Waals surface area (Å²) in [7, 11) is -3.64. The van der Waals surface area contributed by atoms with Crippen LogP contribution >= 0.6 is 11.6 Å². The molecule has 1 rings (SSSR count). The van der Waals surface area contributed by atoms with Gasteiger partial charge in [-0.3, -0.25) is 0 Å². The van der Waals surface area contributed by atoms with E-state index in [9.17, 15) is 8.42 Å². The van der Waals surface area contributed by atoms with Gasteiger partial charge in [-0.2, -0.15) is 0 Å². The molecule has 0 aromatic heterocycles. The van der Waals surface area contributed by atoms with E-state index in [0.717, 1.165) is 5.56 Å². The van der Waals surface area contributed by atoms with Crippen LogP contribution < -0.4 is 10.5 Å². The van der Waals surface area contributed by atoms with E-state index >= 15 is 0 Å². The highest BCUT2D eigenvalue weighted by Gasteiger charge is 2.22. The van der Waals surface area contributed by atoms with E-state index in [1.54, 1.807) is 13.0 Å². The van der Waals surface area contributed by atoms with Gasteiger partial charge in [-0.25, -0.2) is 13.1 Å². The molecule has 1 atom stereocenters. The Kier molecular flexibility index (Phi) is 4.64. The third-order valence-corrected chi connectivity index (χ3v) is 4.97. The molecule has 1 unspecified atom stereocenters. The van der Waals surface area contributed by atoms with Crippen LogP contribution in [0.3, 0.4) is 0 Å². The molecule has 0 heterocycles. The fourth-order valence-electron chi connectivity index (χ4n) is 1.32. The number of halogens is 1. The quantitative estimate of drug-likeness (QED) is 0.837. The van der Waals surface area contributed by atoms with Gasteiger partial charge in [0.2, 0.25) is 10.0 Å². The first-order valence-electron chi connectivity index (χ1n) is 5.73. The average molecular weight is 291 g/mol. The van der Waals surface area contributed by atoms with E-state index in [1.807, 2.05) is 20.8 Å². The molecular weight excluding hydrogens is 272 g/mol. The molecule has 102 valence electrons. The summed E-state index contributed by atoms with van der Waals surface area (Å²) >= 11 is 5.97. The fourth-order valence-corrected chi connectivity index (χ4v) is 3.33. The minimum Gasteiger partial charge on any atom is -0.398 e. The molecule has 0 aliphatic rings. The lowest BCUT2D eigenvalue weighted by Gasteiger charge is -2.18.